The Morgan fingerprint density at radius 3 is 2.47 bits per heavy atom. The van der Waals surface area contributed by atoms with Gasteiger partial charge in [-0.05, 0) is 78.2 Å². The average Bonchev–Trinajstić information content (AvgIpc) is 3.37. The van der Waals surface area contributed by atoms with E-state index in [2.05, 4.69) is 21.3 Å². The molecule has 6 aliphatic rings. The van der Waals surface area contributed by atoms with Gasteiger partial charge in [-0.2, -0.15) is 0 Å². The molecule has 0 radical (unpaired) electrons. The van der Waals surface area contributed by atoms with Gasteiger partial charge in [0.05, 0.1) is 5.60 Å². The molecule has 8 heteroatoms. The van der Waals surface area contributed by atoms with Crippen molar-refractivity contribution in [2.75, 3.05) is 6.54 Å². The van der Waals surface area contributed by atoms with Gasteiger partial charge in [0.25, 0.3) is 5.91 Å². The van der Waals surface area contributed by atoms with E-state index in [9.17, 15) is 19.5 Å². The van der Waals surface area contributed by atoms with Crippen LogP contribution >= 0.6 is 0 Å². The molecular formula is C24H28N4O4. The van der Waals surface area contributed by atoms with Gasteiger partial charge in [0.1, 0.15) is 5.54 Å². The van der Waals surface area contributed by atoms with Crippen molar-refractivity contribution >= 4 is 18.0 Å². The zero-order chi connectivity index (χ0) is 22.0. The van der Waals surface area contributed by atoms with E-state index in [1.54, 1.807) is 19.1 Å². The second-order valence-corrected chi connectivity index (χ2v) is 11.1. The molecule has 6 fully saturated rings. The summed E-state index contributed by atoms with van der Waals surface area (Å²) in [5.41, 5.74) is -0.237. The average molecular weight is 437 g/mol. The molecule has 1 heterocycles. The molecule has 5 saturated carbocycles. The molecule has 2 bridgehead atoms. The molecule has 1 aromatic carbocycles. The summed E-state index contributed by atoms with van der Waals surface area (Å²) in [7, 11) is 0. The summed E-state index contributed by atoms with van der Waals surface area (Å²) in [6, 6.07) is 6.47. The van der Waals surface area contributed by atoms with Crippen LogP contribution in [0.3, 0.4) is 0 Å². The maximum atomic E-state index is 12.5. The van der Waals surface area contributed by atoms with Crippen LogP contribution in [-0.2, 0) is 16.9 Å². The highest BCUT2D eigenvalue weighted by atomic mass is 16.3. The summed E-state index contributed by atoms with van der Waals surface area (Å²) in [6.07, 6.45) is 2.62. The quantitative estimate of drug-likeness (QED) is 0.443. The van der Waals surface area contributed by atoms with E-state index in [0.717, 1.165) is 23.3 Å². The highest BCUT2D eigenvalue weighted by molar-refractivity contribution is 6.07. The summed E-state index contributed by atoms with van der Waals surface area (Å²) >= 11 is 0. The number of aliphatic hydroxyl groups is 1. The second kappa shape index (κ2) is 5.84. The van der Waals surface area contributed by atoms with Crippen LogP contribution in [0.5, 0.6) is 0 Å². The molecule has 0 aromatic heterocycles. The minimum Gasteiger partial charge on any atom is -0.387 e. The number of hydrogen-bond donors (Lipinski definition) is 5. The number of fused-ring (bicyclic) bond motifs is 2. The van der Waals surface area contributed by atoms with Gasteiger partial charge < -0.3 is 21.1 Å². The van der Waals surface area contributed by atoms with Crippen LogP contribution in [-0.4, -0.2) is 35.2 Å². The molecule has 5 amide bonds. The summed E-state index contributed by atoms with van der Waals surface area (Å²) in [5.74, 6) is 4.93. The number of rotatable bonds is 5. The van der Waals surface area contributed by atoms with E-state index in [-0.39, 0.29) is 11.9 Å². The number of amides is 5. The molecule has 1 aromatic rings. The van der Waals surface area contributed by atoms with Gasteiger partial charge in [-0.3, -0.25) is 10.1 Å². The standard InChI is InChI=1S/C24H28N4O4/c1-23(20(29)27-22(31)28-23)11-4-2-10(3-5-11)8-25-21(30)26-9-24(32)18-13-7-14-16-12(13)6-15(18)17(16)19(14)24/h2-5,12-19,32H,6-9H2,1H3,(H2,25,26,30)(H2,27,28,29,31). The normalized spacial score (nSPS) is 48.1. The topological polar surface area (TPSA) is 120 Å². The van der Waals surface area contributed by atoms with Gasteiger partial charge in [0, 0.05) is 13.1 Å². The van der Waals surface area contributed by atoms with Crippen molar-refractivity contribution in [3.05, 3.63) is 35.4 Å². The van der Waals surface area contributed by atoms with Crippen molar-refractivity contribution in [3.8, 4) is 0 Å². The Kier molecular flexibility index (Phi) is 3.45. The molecule has 5 aliphatic carbocycles. The van der Waals surface area contributed by atoms with E-state index < -0.39 is 17.2 Å². The van der Waals surface area contributed by atoms with Crippen molar-refractivity contribution in [2.24, 2.45) is 47.3 Å². The maximum Gasteiger partial charge on any atom is 0.322 e. The molecule has 8 nitrogen and oxygen atoms in total. The number of carbonyl (C=O) groups is 3. The van der Waals surface area contributed by atoms with Gasteiger partial charge in [-0.1, -0.05) is 24.3 Å². The van der Waals surface area contributed by atoms with E-state index in [1.807, 2.05) is 12.1 Å². The number of nitrogens with one attached hydrogen (secondary N) is 4. The lowest BCUT2D eigenvalue weighted by Crippen LogP contribution is -2.59. The van der Waals surface area contributed by atoms with E-state index in [0.29, 0.717) is 48.2 Å². The number of carbonyl (C=O) groups excluding carboxylic acids is 3. The van der Waals surface area contributed by atoms with Crippen molar-refractivity contribution in [1.82, 2.24) is 21.3 Å². The summed E-state index contributed by atoms with van der Waals surface area (Å²) < 4.78 is 0. The SMILES string of the molecule is CC1(c2ccc(CNC(=O)NCC3(O)C4C5CC6C7C5CC4C7C63)cc2)NC(=O)NC1=O. The molecule has 1 aliphatic heterocycles. The zero-order valence-electron chi connectivity index (χ0n) is 17.9. The first-order valence-electron chi connectivity index (χ1n) is 11.8. The lowest BCUT2D eigenvalue weighted by molar-refractivity contribution is -0.126. The van der Waals surface area contributed by atoms with Crippen LogP contribution in [0, 0.1) is 47.3 Å². The second-order valence-electron chi connectivity index (χ2n) is 11.1. The lowest BCUT2D eigenvalue weighted by atomic mass is 9.56. The number of hydrogen-bond acceptors (Lipinski definition) is 4. The molecule has 10 atom stereocenters. The molecule has 10 unspecified atom stereocenters. The Morgan fingerprint density at radius 1 is 1.03 bits per heavy atom. The third kappa shape index (κ3) is 2.10. The fourth-order valence-electron chi connectivity index (χ4n) is 9.13. The summed E-state index contributed by atoms with van der Waals surface area (Å²) in [5, 5.41) is 22.3. The first kappa shape index (κ1) is 18.9. The highest BCUT2D eigenvalue weighted by Gasteiger charge is 2.84. The van der Waals surface area contributed by atoms with Gasteiger partial charge >= 0.3 is 12.1 Å². The Balaban J connectivity index is 0.963. The van der Waals surface area contributed by atoms with Crippen LogP contribution in [0.1, 0.15) is 30.9 Å². The molecule has 7 rings (SSSR count). The van der Waals surface area contributed by atoms with Gasteiger partial charge in [-0.15, -0.1) is 0 Å². The molecule has 32 heavy (non-hydrogen) atoms. The van der Waals surface area contributed by atoms with Crippen molar-refractivity contribution in [3.63, 3.8) is 0 Å². The summed E-state index contributed by atoms with van der Waals surface area (Å²) in [6.45, 7) is 2.35. The van der Waals surface area contributed by atoms with Crippen LogP contribution in [0.15, 0.2) is 24.3 Å². The zero-order valence-corrected chi connectivity index (χ0v) is 17.9. The first-order chi connectivity index (χ1) is 15.3. The smallest absolute Gasteiger partial charge is 0.322 e. The predicted octanol–water partition coefficient (Wildman–Crippen LogP) is 1.05. The van der Waals surface area contributed by atoms with E-state index in [4.69, 9.17) is 0 Å². The van der Waals surface area contributed by atoms with Gasteiger partial charge in [0.2, 0.25) is 0 Å². The van der Waals surface area contributed by atoms with Crippen LogP contribution in [0.25, 0.3) is 0 Å². The maximum absolute atomic E-state index is 12.5. The van der Waals surface area contributed by atoms with Crippen LogP contribution in [0.4, 0.5) is 9.59 Å². The van der Waals surface area contributed by atoms with Crippen LogP contribution < -0.4 is 21.3 Å². The van der Waals surface area contributed by atoms with Crippen molar-refractivity contribution in [1.29, 1.82) is 0 Å². The molecule has 1 saturated heterocycles. The minimum atomic E-state index is -1.09. The predicted molar refractivity (Wildman–Crippen MR) is 113 cm³/mol. The van der Waals surface area contributed by atoms with Gasteiger partial charge in [-0.25, -0.2) is 9.59 Å². The van der Waals surface area contributed by atoms with Crippen molar-refractivity contribution in [2.45, 2.75) is 37.5 Å². The highest BCUT2D eigenvalue weighted by Crippen LogP contribution is 2.85. The fourth-order valence-corrected chi connectivity index (χ4v) is 9.13. The molecule has 5 N–H and O–H groups in total. The Morgan fingerprint density at radius 2 is 1.75 bits per heavy atom. The van der Waals surface area contributed by atoms with E-state index in [1.165, 1.54) is 12.8 Å². The van der Waals surface area contributed by atoms with Crippen molar-refractivity contribution < 1.29 is 19.5 Å². The lowest BCUT2D eigenvalue weighted by Gasteiger charge is -2.51. The minimum absolute atomic E-state index is 0.268. The Bertz CT molecular complexity index is 1050. The largest absolute Gasteiger partial charge is 0.387 e. The monoisotopic (exact) mass is 436 g/mol. The summed E-state index contributed by atoms with van der Waals surface area (Å²) in [4.78, 5) is 36.0. The number of urea groups is 2. The van der Waals surface area contributed by atoms with Gasteiger partial charge in [0.15, 0.2) is 0 Å². The number of imide groups is 1. The molecular weight excluding hydrogens is 408 g/mol. The third-order valence-electron chi connectivity index (χ3n) is 10.1. The number of benzene rings is 1. The Labute approximate surface area is 185 Å². The molecule has 0 spiro atoms. The van der Waals surface area contributed by atoms with E-state index >= 15 is 0 Å². The third-order valence-corrected chi connectivity index (χ3v) is 10.1. The fraction of sp³-hybridized carbons (Fsp3) is 0.625. The first-order valence-corrected chi connectivity index (χ1v) is 11.8. The van der Waals surface area contributed by atoms with Crippen LogP contribution in [0.2, 0.25) is 0 Å². The molecule has 168 valence electrons. The Hall–Kier alpha value is -2.61.